The van der Waals surface area contributed by atoms with Crippen LogP contribution in [0.4, 0.5) is 0 Å². The fourth-order valence-electron chi connectivity index (χ4n) is 7.66. The SMILES string of the molecule is C[Si]1(C)c2ccccc2-c2nc(-c3cccc(-c4cccc(-c5cc(-c6ccccc6)cc(-c6ccccc6)c5)c4)c3)nc(-c3ccccc3)c21. The average Bonchev–Trinajstić information content (AvgIpc) is 3.44. The van der Waals surface area contributed by atoms with Gasteiger partial charge in [-0.3, -0.25) is 0 Å². The Hall–Kier alpha value is -6.16. The minimum absolute atomic E-state index is 0.759. The molecule has 0 bridgehead atoms. The van der Waals surface area contributed by atoms with Gasteiger partial charge in [0.1, 0.15) is 8.07 Å². The van der Waals surface area contributed by atoms with E-state index in [2.05, 4.69) is 195 Å². The zero-order chi connectivity index (χ0) is 34.4. The predicted octanol–water partition coefficient (Wildman–Crippen LogP) is 11.3. The van der Waals surface area contributed by atoms with Gasteiger partial charge in [0.25, 0.3) is 0 Å². The highest BCUT2D eigenvalue weighted by Gasteiger charge is 2.41. The average molecular weight is 669 g/mol. The van der Waals surface area contributed by atoms with E-state index in [1.54, 1.807) is 0 Å². The topological polar surface area (TPSA) is 25.8 Å². The largest absolute Gasteiger partial charge is 0.228 e. The number of hydrogen-bond acceptors (Lipinski definition) is 2. The maximum atomic E-state index is 5.36. The molecule has 0 aliphatic carbocycles. The summed E-state index contributed by atoms with van der Waals surface area (Å²) in [6.45, 7) is 4.86. The molecule has 1 aromatic heterocycles. The minimum atomic E-state index is -2.01. The molecule has 0 radical (unpaired) electrons. The lowest BCUT2D eigenvalue weighted by Crippen LogP contribution is -2.50. The zero-order valence-corrected chi connectivity index (χ0v) is 29.7. The quantitative estimate of drug-likeness (QED) is 0.165. The highest BCUT2D eigenvalue weighted by molar-refractivity contribution is 7.04. The molecule has 242 valence electrons. The first-order chi connectivity index (χ1) is 25.0. The number of benzene rings is 7. The zero-order valence-electron chi connectivity index (χ0n) is 28.7. The molecule has 51 heavy (non-hydrogen) atoms. The molecule has 0 amide bonds. The molecule has 2 nitrogen and oxygen atoms in total. The van der Waals surface area contributed by atoms with E-state index in [-0.39, 0.29) is 0 Å². The molecule has 0 N–H and O–H groups in total. The first-order valence-electron chi connectivity index (χ1n) is 17.6. The van der Waals surface area contributed by atoms with Crippen LogP contribution < -0.4 is 10.4 Å². The Morgan fingerprint density at radius 3 is 1.31 bits per heavy atom. The third-order valence-corrected chi connectivity index (χ3v) is 13.7. The summed E-state index contributed by atoms with van der Waals surface area (Å²) >= 11 is 0. The van der Waals surface area contributed by atoms with E-state index in [1.165, 1.54) is 49.3 Å². The summed E-state index contributed by atoms with van der Waals surface area (Å²) in [6.07, 6.45) is 0. The van der Waals surface area contributed by atoms with Crippen molar-refractivity contribution in [2.24, 2.45) is 0 Å². The summed E-state index contributed by atoms with van der Waals surface area (Å²) < 4.78 is 0. The molecule has 3 heteroatoms. The van der Waals surface area contributed by atoms with E-state index in [9.17, 15) is 0 Å². The van der Waals surface area contributed by atoms with Crippen LogP contribution in [-0.2, 0) is 0 Å². The van der Waals surface area contributed by atoms with Gasteiger partial charge in [-0.2, -0.15) is 0 Å². The van der Waals surface area contributed by atoms with Gasteiger partial charge in [-0.1, -0.05) is 165 Å². The van der Waals surface area contributed by atoms with Gasteiger partial charge in [-0.15, -0.1) is 0 Å². The number of nitrogens with zero attached hydrogens (tertiary/aromatic N) is 2. The van der Waals surface area contributed by atoms with Crippen molar-refractivity contribution in [1.29, 1.82) is 0 Å². The van der Waals surface area contributed by atoms with Gasteiger partial charge in [-0.25, -0.2) is 9.97 Å². The van der Waals surface area contributed by atoms with Crippen molar-refractivity contribution in [2.45, 2.75) is 13.1 Å². The van der Waals surface area contributed by atoms with Gasteiger partial charge in [0.05, 0.1) is 11.4 Å². The maximum absolute atomic E-state index is 5.36. The molecule has 0 unspecified atom stereocenters. The van der Waals surface area contributed by atoms with E-state index >= 15 is 0 Å². The van der Waals surface area contributed by atoms with Crippen LogP contribution in [0.15, 0.2) is 182 Å². The molecule has 7 aromatic carbocycles. The molecular weight excluding hydrogens is 633 g/mol. The van der Waals surface area contributed by atoms with Crippen molar-refractivity contribution in [3.8, 4) is 78.4 Å². The molecule has 0 spiro atoms. The lowest BCUT2D eigenvalue weighted by atomic mass is 9.92. The van der Waals surface area contributed by atoms with Crippen molar-refractivity contribution in [2.75, 3.05) is 0 Å². The van der Waals surface area contributed by atoms with Crippen molar-refractivity contribution in [3.63, 3.8) is 0 Å². The summed E-state index contributed by atoms with van der Waals surface area (Å²) in [6, 6.07) is 65.2. The van der Waals surface area contributed by atoms with E-state index in [0.717, 1.165) is 39.5 Å². The predicted molar refractivity (Wildman–Crippen MR) is 217 cm³/mol. The van der Waals surface area contributed by atoms with E-state index in [1.807, 2.05) is 0 Å². The van der Waals surface area contributed by atoms with Crippen LogP contribution in [0.2, 0.25) is 13.1 Å². The molecule has 2 heterocycles. The van der Waals surface area contributed by atoms with Crippen LogP contribution in [0.1, 0.15) is 0 Å². The lowest BCUT2D eigenvalue weighted by molar-refractivity contribution is 1.20. The van der Waals surface area contributed by atoms with Gasteiger partial charge < -0.3 is 0 Å². The van der Waals surface area contributed by atoms with Crippen molar-refractivity contribution < 1.29 is 0 Å². The molecule has 0 saturated carbocycles. The van der Waals surface area contributed by atoms with E-state index in [4.69, 9.17) is 9.97 Å². The van der Waals surface area contributed by atoms with Crippen LogP contribution in [0.5, 0.6) is 0 Å². The molecule has 0 fully saturated rings. The Kier molecular flexibility index (Phi) is 7.64. The van der Waals surface area contributed by atoms with Gasteiger partial charge in [0.2, 0.25) is 0 Å². The summed E-state index contributed by atoms with van der Waals surface area (Å²) in [5.74, 6) is 0.759. The van der Waals surface area contributed by atoms with Crippen molar-refractivity contribution >= 4 is 18.4 Å². The maximum Gasteiger partial charge on any atom is 0.160 e. The normalized spacial score (nSPS) is 12.7. The van der Waals surface area contributed by atoms with Crippen molar-refractivity contribution in [1.82, 2.24) is 9.97 Å². The molecule has 8 aromatic rings. The molecule has 1 aliphatic rings. The number of fused-ring (bicyclic) bond motifs is 3. The number of aromatic nitrogens is 2. The second-order valence-electron chi connectivity index (χ2n) is 13.8. The van der Waals surface area contributed by atoms with Gasteiger partial charge in [0, 0.05) is 11.1 Å². The molecule has 0 atom stereocenters. The fourth-order valence-corrected chi connectivity index (χ4v) is 10.9. The summed E-state index contributed by atoms with van der Waals surface area (Å²) in [5, 5.41) is 2.76. The number of rotatable bonds is 6. The molecule has 1 aliphatic heterocycles. The summed E-state index contributed by atoms with van der Waals surface area (Å²) in [5.41, 5.74) is 15.0. The Balaban J connectivity index is 1.15. The highest BCUT2D eigenvalue weighted by atomic mass is 28.3. The standard InChI is InChI=1S/C48H36N2Si/c1-51(2)44-27-13-12-26-43(44)46-47(51)45(35-20-10-5-11-21-35)49-48(50-46)39-25-15-23-37(29-39)36-22-14-24-38(28-36)42-31-40(33-16-6-3-7-17-33)30-41(32-42)34-18-8-4-9-19-34/h3-32H,1-2H3. The Labute approximate surface area is 300 Å². The Morgan fingerprint density at radius 2 is 0.725 bits per heavy atom. The third kappa shape index (κ3) is 5.62. The van der Waals surface area contributed by atoms with Gasteiger partial charge in [0.15, 0.2) is 5.82 Å². The van der Waals surface area contributed by atoms with Crippen LogP contribution in [-0.4, -0.2) is 18.0 Å². The first kappa shape index (κ1) is 30.9. The Morgan fingerprint density at radius 1 is 0.333 bits per heavy atom. The van der Waals surface area contributed by atoms with Crippen LogP contribution in [0.3, 0.4) is 0 Å². The monoisotopic (exact) mass is 668 g/mol. The lowest BCUT2D eigenvalue weighted by Gasteiger charge is -2.21. The number of hydrogen-bond donors (Lipinski definition) is 0. The molecule has 0 saturated heterocycles. The minimum Gasteiger partial charge on any atom is -0.228 e. The summed E-state index contributed by atoms with van der Waals surface area (Å²) in [7, 11) is -2.01. The van der Waals surface area contributed by atoms with E-state index < -0.39 is 8.07 Å². The Bertz CT molecular complexity index is 2480. The van der Waals surface area contributed by atoms with Crippen LogP contribution in [0, 0.1) is 0 Å². The molecule has 9 rings (SSSR count). The smallest absolute Gasteiger partial charge is 0.160 e. The first-order valence-corrected chi connectivity index (χ1v) is 20.6. The second kappa shape index (κ2) is 12.6. The summed E-state index contributed by atoms with van der Waals surface area (Å²) in [4.78, 5) is 10.7. The fraction of sp³-hybridized carbons (Fsp3) is 0.0417. The van der Waals surface area contributed by atoms with E-state index in [0.29, 0.717) is 0 Å². The van der Waals surface area contributed by atoms with Crippen molar-refractivity contribution in [3.05, 3.63) is 182 Å². The van der Waals surface area contributed by atoms with Crippen LogP contribution in [0.25, 0.3) is 78.4 Å². The highest BCUT2D eigenvalue weighted by Crippen LogP contribution is 2.37. The van der Waals surface area contributed by atoms with Crippen LogP contribution >= 0.6 is 0 Å². The second-order valence-corrected chi connectivity index (χ2v) is 18.1. The van der Waals surface area contributed by atoms with Gasteiger partial charge >= 0.3 is 0 Å². The molecular formula is C48H36N2Si. The van der Waals surface area contributed by atoms with Gasteiger partial charge in [-0.05, 0) is 90.8 Å². The third-order valence-electron chi connectivity index (χ3n) is 10.2.